The minimum atomic E-state index is -0.701. The highest BCUT2D eigenvalue weighted by Crippen LogP contribution is 2.58. The second-order valence-corrected chi connectivity index (χ2v) is 10.4. The molecule has 0 spiro atoms. The predicted octanol–water partition coefficient (Wildman–Crippen LogP) is 5.42. The summed E-state index contributed by atoms with van der Waals surface area (Å²) >= 11 is 0. The summed E-state index contributed by atoms with van der Waals surface area (Å²) < 4.78 is 0. The van der Waals surface area contributed by atoms with E-state index in [-0.39, 0.29) is 35.2 Å². The number of carbonyl (C=O) groups is 2. The Morgan fingerprint density at radius 1 is 1.23 bits per heavy atom. The summed E-state index contributed by atoms with van der Waals surface area (Å²) in [7, 11) is 0. The molecule has 1 aromatic carbocycles. The number of H-pyrrole nitrogens is 1. The Morgan fingerprint density at radius 2 is 1.97 bits per heavy atom. The third kappa shape index (κ3) is 3.28. The molecule has 4 fully saturated rings. The molecule has 2 saturated carbocycles. The first kappa shape index (κ1) is 20.6. The van der Waals surface area contributed by atoms with Crippen LogP contribution in [0, 0.1) is 11.3 Å². The standard InChI is InChI=1S/C26H34N2O3/c1-4-18-11-26(16(3)25(30)31)12-19(13-26)28(18)23(29)10-15(2)21-14-27-22-7-5-6-20(24(21)22)17-8-9-17/h5-7,14-19,27H,4,8-13H2,1-3H3,(H,30,31). The average Bonchev–Trinajstić information content (AvgIpc) is 3.49. The van der Waals surface area contributed by atoms with E-state index in [4.69, 9.17) is 0 Å². The molecule has 3 heterocycles. The third-order valence-corrected chi connectivity index (χ3v) is 8.56. The van der Waals surface area contributed by atoms with Crippen molar-refractivity contribution in [1.82, 2.24) is 9.88 Å². The van der Waals surface area contributed by atoms with Gasteiger partial charge in [-0.05, 0) is 73.0 Å². The van der Waals surface area contributed by atoms with Crippen LogP contribution in [0.15, 0.2) is 24.4 Å². The van der Waals surface area contributed by atoms with E-state index in [0.717, 1.165) is 25.7 Å². The minimum absolute atomic E-state index is 0.115. The topological polar surface area (TPSA) is 73.4 Å². The van der Waals surface area contributed by atoms with Crippen LogP contribution in [0.4, 0.5) is 0 Å². The molecule has 1 amide bonds. The van der Waals surface area contributed by atoms with E-state index < -0.39 is 5.97 Å². The van der Waals surface area contributed by atoms with Crippen molar-refractivity contribution in [2.45, 2.75) is 89.6 Å². The first-order valence-corrected chi connectivity index (χ1v) is 12.0. The van der Waals surface area contributed by atoms with Crippen molar-refractivity contribution in [1.29, 1.82) is 0 Å². The van der Waals surface area contributed by atoms with Crippen LogP contribution >= 0.6 is 0 Å². The van der Waals surface area contributed by atoms with Crippen molar-refractivity contribution in [2.75, 3.05) is 0 Å². The molecule has 0 radical (unpaired) electrons. The Kier molecular flexibility index (Phi) is 4.91. The van der Waals surface area contributed by atoms with Crippen LogP contribution in [0.1, 0.15) is 88.7 Å². The number of nitrogens with zero attached hydrogens (tertiary/aromatic N) is 1. The highest BCUT2D eigenvalue weighted by Gasteiger charge is 2.58. The van der Waals surface area contributed by atoms with Crippen LogP contribution in [0.3, 0.4) is 0 Å². The van der Waals surface area contributed by atoms with Crippen molar-refractivity contribution < 1.29 is 14.7 Å². The highest BCUT2D eigenvalue weighted by molar-refractivity contribution is 5.89. The number of benzene rings is 1. The summed E-state index contributed by atoms with van der Waals surface area (Å²) in [4.78, 5) is 30.7. The van der Waals surface area contributed by atoms with Crippen molar-refractivity contribution in [3.63, 3.8) is 0 Å². The number of amides is 1. The number of carboxylic acid groups (broad SMARTS) is 1. The van der Waals surface area contributed by atoms with E-state index in [1.807, 2.05) is 6.92 Å². The highest BCUT2D eigenvalue weighted by atomic mass is 16.4. The number of hydrogen-bond donors (Lipinski definition) is 2. The van der Waals surface area contributed by atoms with E-state index >= 15 is 0 Å². The molecule has 2 aliphatic carbocycles. The molecule has 1 aromatic heterocycles. The normalized spacial score (nSPS) is 29.5. The van der Waals surface area contributed by atoms with Gasteiger partial charge in [0.05, 0.1) is 5.92 Å². The van der Waals surface area contributed by atoms with E-state index in [9.17, 15) is 14.7 Å². The fourth-order valence-electron chi connectivity index (χ4n) is 6.49. The summed E-state index contributed by atoms with van der Waals surface area (Å²) in [5.41, 5.74) is 3.76. The van der Waals surface area contributed by atoms with E-state index in [1.165, 1.54) is 34.9 Å². The van der Waals surface area contributed by atoms with Gasteiger partial charge in [-0.15, -0.1) is 0 Å². The lowest BCUT2D eigenvalue weighted by Crippen LogP contribution is -2.66. The summed E-state index contributed by atoms with van der Waals surface area (Å²) in [6.07, 6.45) is 8.55. The molecule has 2 aromatic rings. The second kappa shape index (κ2) is 7.39. The lowest BCUT2D eigenvalue weighted by atomic mass is 9.52. The molecule has 2 bridgehead atoms. The number of piperidine rings is 2. The van der Waals surface area contributed by atoms with Gasteiger partial charge in [0.1, 0.15) is 0 Å². The Bertz CT molecular complexity index is 1010. The number of aromatic amines is 1. The first-order valence-electron chi connectivity index (χ1n) is 12.0. The van der Waals surface area contributed by atoms with E-state index in [0.29, 0.717) is 12.3 Å². The first-order chi connectivity index (χ1) is 14.8. The number of rotatable bonds is 7. The van der Waals surface area contributed by atoms with Gasteiger partial charge in [0.15, 0.2) is 0 Å². The Morgan fingerprint density at radius 3 is 2.61 bits per heavy atom. The van der Waals surface area contributed by atoms with Crippen LogP contribution in [0.5, 0.6) is 0 Å². The number of fused-ring (bicyclic) bond motifs is 3. The zero-order valence-corrected chi connectivity index (χ0v) is 18.9. The number of aliphatic carboxylic acids is 1. The van der Waals surface area contributed by atoms with Crippen molar-refractivity contribution >= 4 is 22.8 Å². The summed E-state index contributed by atoms with van der Waals surface area (Å²) in [5, 5.41) is 10.9. The number of carboxylic acids is 1. The van der Waals surface area contributed by atoms with Crippen LogP contribution in [0.25, 0.3) is 10.9 Å². The van der Waals surface area contributed by atoms with Crippen LogP contribution in [-0.2, 0) is 9.59 Å². The molecule has 2 saturated heterocycles. The van der Waals surface area contributed by atoms with Gasteiger partial charge in [-0.2, -0.15) is 0 Å². The van der Waals surface area contributed by atoms with Crippen molar-refractivity contribution in [3.8, 4) is 0 Å². The third-order valence-electron chi connectivity index (χ3n) is 8.56. The van der Waals surface area contributed by atoms with Gasteiger partial charge in [-0.25, -0.2) is 0 Å². The largest absolute Gasteiger partial charge is 0.481 e. The maximum absolute atomic E-state index is 13.5. The van der Waals surface area contributed by atoms with Crippen LogP contribution < -0.4 is 0 Å². The lowest BCUT2D eigenvalue weighted by Gasteiger charge is -2.62. The van der Waals surface area contributed by atoms with Gasteiger partial charge in [-0.1, -0.05) is 32.9 Å². The fourth-order valence-corrected chi connectivity index (χ4v) is 6.49. The Labute approximate surface area is 184 Å². The van der Waals surface area contributed by atoms with E-state index in [2.05, 4.69) is 48.1 Å². The van der Waals surface area contributed by atoms with Gasteiger partial charge in [-0.3, -0.25) is 9.59 Å². The molecule has 2 aliphatic heterocycles. The van der Waals surface area contributed by atoms with Crippen molar-refractivity contribution in [3.05, 3.63) is 35.5 Å². The van der Waals surface area contributed by atoms with Crippen LogP contribution in [-0.4, -0.2) is 39.0 Å². The van der Waals surface area contributed by atoms with Gasteiger partial charge in [0.25, 0.3) is 0 Å². The summed E-state index contributed by atoms with van der Waals surface area (Å²) in [6.45, 7) is 6.14. The minimum Gasteiger partial charge on any atom is -0.481 e. The van der Waals surface area contributed by atoms with Crippen LogP contribution in [0.2, 0.25) is 0 Å². The molecule has 5 nitrogen and oxygen atoms in total. The molecule has 3 atom stereocenters. The number of hydrogen-bond acceptors (Lipinski definition) is 2. The van der Waals surface area contributed by atoms with Gasteiger partial charge in [0.2, 0.25) is 5.91 Å². The SMILES string of the molecule is CCC1CC2(C(C)C(=O)O)CC(C2)N1C(=O)CC(C)c1c[nH]c2cccc(C3CC3)c12. The predicted molar refractivity (Wildman–Crippen MR) is 121 cm³/mol. The molecule has 6 rings (SSSR count). The monoisotopic (exact) mass is 422 g/mol. The van der Waals surface area contributed by atoms with Gasteiger partial charge < -0.3 is 15.0 Å². The Balaban J connectivity index is 1.34. The number of aromatic nitrogens is 1. The molecule has 5 heteroatoms. The molecule has 31 heavy (non-hydrogen) atoms. The maximum Gasteiger partial charge on any atom is 0.306 e. The van der Waals surface area contributed by atoms with Crippen molar-refractivity contribution in [2.24, 2.45) is 11.3 Å². The maximum atomic E-state index is 13.5. The number of nitrogens with one attached hydrogen (secondary N) is 1. The molecule has 166 valence electrons. The number of carbonyl (C=O) groups excluding carboxylic acids is 1. The molecular weight excluding hydrogens is 388 g/mol. The molecular formula is C26H34N2O3. The molecule has 2 N–H and O–H groups in total. The fraction of sp³-hybridized carbons (Fsp3) is 0.615. The van der Waals surface area contributed by atoms with E-state index in [1.54, 1.807) is 0 Å². The second-order valence-electron chi connectivity index (χ2n) is 10.4. The quantitative estimate of drug-likeness (QED) is 0.626. The summed E-state index contributed by atoms with van der Waals surface area (Å²) in [6, 6.07) is 6.90. The molecule has 4 aliphatic rings. The van der Waals surface area contributed by atoms with Gasteiger partial charge in [0, 0.05) is 35.6 Å². The van der Waals surface area contributed by atoms with Gasteiger partial charge >= 0.3 is 5.97 Å². The Hall–Kier alpha value is -2.30. The average molecular weight is 423 g/mol. The zero-order valence-electron chi connectivity index (χ0n) is 18.9. The summed E-state index contributed by atoms with van der Waals surface area (Å²) in [5.74, 6) is 0.0304. The zero-order chi connectivity index (χ0) is 21.9. The smallest absolute Gasteiger partial charge is 0.306 e. The lowest BCUT2D eigenvalue weighted by molar-refractivity contribution is -0.175. The molecule has 3 unspecified atom stereocenters.